The minimum Gasteiger partial charge on any atom is -0.326 e. The van der Waals surface area contributed by atoms with Crippen molar-refractivity contribution in [2.75, 3.05) is 17.7 Å². The van der Waals surface area contributed by atoms with Crippen LogP contribution in [0.3, 0.4) is 0 Å². The van der Waals surface area contributed by atoms with Crippen molar-refractivity contribution in [3.63, 3.8) is 0 Å². The van der Waals surface area contributed by atoms with Gasteiger partial charge in [-0.15, -0.1) is 11.8 Å². The van der Waals surface area contributed by atoms with E-state index in [2.05, 4.69) is 0 Å². The van der Waals surface area contributed by atoms with Gasteiger partial charge in [-0.3, -0.25) is 4.79 Å². The molecule has 0 amide bonds. The molecule has 0 aromatic heterocycles. The molecule has 0 bridgehead atoms. The average molecular weight is 273 g/mol. The molecule has 2 rings (SSSR count). The lowest BCUT2D eigenvalue weighted by atomic mass is 10.0. The Hall–Kier alpha value is -1.01. The summed E-state index contributed by atoms with van der Waals surface area (Å²) in [4.78, 5) is 13.3. The number of thioether (sulfide) groups is 1. The Morgan fingerprint density at radius 1 is 1.41 bits per heavy atom. The SMILES string of the molecule is CSC(=S)N1CCC(=O)c2cc(F)c(F)cc21. The van der Waals surface area contributed by atoms with Gasteiger partial charge in [-0.1, -0.05) is 12.2 Å². The third kappa shape index (κ3) is 2.19. The molecule has 6 heteroatoms. The third-order valence-electron chi connectivity index (χ3n) is 2.59. The lowest BCUT2D eigenvalue weighted by molar-refractivity contribution is 0.0981. The molecule has 1 aliphatic rings. The van der Waals surface area contributed by atoms with Crippen LogP contribution in [0.2, 0.25) is 0 Å². The van der Waals surface area contributed by atoms with E-state index in [-0.39, 0.29) is 17.8 Å². The van der Waals surface area contributed by atoms with Crippen LogP contribution in [-0.2, 0) is 0 Å². The summed E-state index contributed by atoms with van der Waals surface area (Å²) in [7, 11) is 0. The first-order valence-corrected chi connectivity index (χ1v) is 6.55. The van der Waals surface area contributed by atoms with Crippen molar-refractivity contribution in [2.45, 2.75) is 6.42 Å². The van der Waals surface area contributed by atoms with Crippen molar-refractivity contribution in [2.24, 2.45) is 0 Å². The number of benzene rings is 1. The molecule has 1 aromatic rings. The molecule has 0 radical (unpaired) electrons. The number of carbonyl (C=O) groups is 1. The second kappa shape index (κ2) is 4.70. The number of hydrogen-bond acceptors (Lipinski definition) is 3. The highest BCUT2D eigenvalue weighted by Crippen LogP contribution is 2.31. The Morgan fingerprint density at radius 2 is 2.06 bits per heavy atom. The summed E-state index contributed by atoms with van der Waals surface area (Å²) in [6.45, 7) is 0.413. The summed E-state index contributed by atoms with van der Waals surface area (Å²) in [5.74, 6) is -2.15. The Labute approximate surface area is 107 Å². The van der Waals surface area contributed by atoms with E-state index in [1.54, 1.807) is 11.2 Å². The zero-order valence-electron chi connectivity index (χ0n) is 9.00. The molecule has 90 valence electrons. The van der Waals surface area contributed by atoms with E-state index >= 15 is 0 Å². The van der Waals surface area contributed by atoms with Gasteiger partial charge in [-0.05, 0) is 12.3 Å². The molecule has 1 aromatic carbocycles. The lowest BCUT2D eigenvalue weighted by Gasteiger charge is -2.29. The summed E-state index contributed by atoms with van der Waals surface area (Å²) in [6.07, 6.45) is 2.07. The van der Waals surface area contributed by atoms with Crippen LogP contribution in [-0.4, -0.2) is 22.9 Å². The highest BCUT2D eigenvalue weighted by Gasteiger charge is 2.27. The van der Waals surface area contributed by atoms with E-state index < -0.39 is 11.6 Å². The van der Waals surface area contributed by atoms with E-state index in [1.807, 2.05) is 0 Å². The zero-order valence-corrected chi connectivity index (χ0v) is 10.6. The number of Topliss-reactive ketones (excluding diaryl/α,β-unsaturated/α-hetero) is 1. The molecule has 0 aliphatic carbocycles. The minimum atomic E-state index is -1.01. The van der Waals surface area contributed by atoms with Crippen LogP contribution in [0.5, 0.6) is 0 Å². The predicted octanol–water partition coefficient (Wildman–Crippen LogP) is 3.01. The summed E-state index contributed by atoms with van der Waals surface area (Å²) < 4.78 is 26.9. The fourth-order valence-corrected chi connectivity index (χ4v) is 2.35. The number of hydrogen-bond donors (Lipinski definition) is 0. The number of rotatable bonds is 0. The molecule has 2 nitrogen and oxygen atoms in total. The molecule has 1 aliphatic heterocycles. The van der Waals surface area contributed by atoms with E-state index in [4.69, 9.17) is 12.2 Å². The monoisotopic (exact) mass is 273 g/mol. The van der Waals surface area contributed by atoms with Crippen LogP contribution in [0, 0.1) is 11.6 Å². The molecule has 0 fully saturated rings. The maximum absolute atomic E-state index is 13.2. The molecule has 0 unspecified atom stereocenters. The predicted molar refractivity (Wildman–Crippen MR) is 68.8 cm³/mol. The Kier molecular flexibility index (Phi) is 3.44. The standard InChI is InChI=1S/C11H9F2NOS2/c1-17-11(16)14-3-2-10(15)6-4-7(12)8(13)5-9(6)14/h4-5H,2-3H2,1H3. The number of halogens is 2. The third-order valence-corrected chi connectivity index (χ3v) is 3.88. The summed E-state index contributed by atoms with van der Waals surface area (Å²) >= 11 is 6.46. The molecule has 0 N–H and O–H groups in total. The van der Waals surface area contributed by atoms with Gasteiger partial charge in [0.25, 0.3) is 0 Å². The van der Waals surface area contributed by atoms with E-state index in [0.29, 0.717) is 16.6 Å². The van der Waals surface area contributed by atoms with Crippen LogP contribution < -0.4 is 4.90 Å². The van der Waals surface area contributed by atoms with Crippen molar-refractivity contribution < 1.29 is 13.6 Å². The van der Waals surface area contributed by atoms with Crippen LogP contribution in [0.1, 0.15) is 16.8 Å². The molecular formula is C11H9F2NOS2. The first-order chi connectivity index (χ1) is 8.04. The van der Waals surface area contributed by atoms with Crippen molar-refractivity contribution in [1.29, 1.82) is 0 Å². The van der Waals surface area contributed by atoms with Crippen molar-refractivity contribution in [3.8, 4) is 0 Å². The summed E-state index contributed by atoms with van der Waals surface area (Å²) in [5, 5.41) is 0. The smallest absolute Gasteiger partial charge is 0.166 e. The van der Waals surface area contributed by atoms with Crippen LogP contribution in [0.25, 0.3) is 0 Å². The quantitative estimate of drug-likeness (QED) is 0.677. The van der Waals surface area contributed by atoms with Gasteiger partial charge in [0, 0.05) is 24.6 Å². The Morgan fingerprint density at radius 3 is 2.71 bits per heavy atom. The largest absolute Gasteiger partial charge is 0.326 e. The number of thiocarbonyl (C=S) groups is 1. The van der Waals surface area contributed by atoms with Gasteiger partial charge in [0.05, 0.1) is 5.69 Å². The number of nitrogens with zero attached hydrogens (tertiary/aromatic N) is 1. The Bertz CT molecular complexity index is 504. The van der Waals surface area contributed by atoms with Gasteiger partial charge in [0.2, 0.25) is 0 Å². The second-order valence-electron chi connectivity index (χ2n) is 3.58. The zero-order chi connectivity index (χ0) is 12.6. The first kappa shape index (κ1) is 12.4. The van der Waals surface area contributed by atoms with Crippen LogP contribution >= 0.6 is 24.0 Å². The minimum absolute atomic E-state index is 0.181. The summed E-state index contributed by atoms with van der Waals surface area (Å²) in [6, 6.07) is 1.98. The van der Waals surface area contributed by atoms with E-state index in [0.717, 1.165) is 12.1 Å². The van der Waals surface area contributed by atoms with E-state index in [9.17, 15) is 13.6 Å². The van der Waals surface area contributed by atoms with Gasteiger partial charge in [-0.25, -0.2) is 8.78 Å². The highest BCUT2D eigenvalue weighted by molar-refractivity contribution is 8.22. The van der Waals surface area contributed by atoms with Gasteiger partial charge in [0.1, 0.15) is 4.32 Å². The summed E-state index contributed by atoms with van der Waals surface area (Å²) in [5.41, 5.74) is 0.561. The van der Waals surface area contributed by atoms with Crippen molar-refractivity contribution in [1.82, 2.24) is 0 Å². The number of fused-ring (bicyclic) bond motifs is 1. The maximum Gasteiger partial charge on any atom is 0.166 e. The maximum atomic E-state index is 13.2. The average Bonchev–Trinajstić information content (AvgIpc) is 2.31. The number of anilines is 1. The van der Waals surface area contributed by atoms with Crippen molar-refractivity contribution in [3.05, 3.63) is 29.3 Å². The van der Waals surface area contributed by atoms with Crippen LogP contribution in [0.4, 0.5) is 14.5 Å². The molecule has 17 heavy (non-hydrogen) atoms. The topological polar surface area (TPSA) is 20.3 Å². The normalized spacial score (nSPS) is 14.8. The van der Waals surface area contributed by atoms with Crippen molar-refractivity contribution >= 4 is 39.8 Å². The molecule has 0 spiro atoms. The second-order valence-corrected chi connectivity index (χ2v) is 5.02. The molecule has 0 atom stereocenters. The molecule has 0 saturated carbocycles. The lowest BCUT2D eigenvalue weighted by Crippen LogP contribution is -2.35. The molecule has 0 saturated heterocycles. The number of ketones is 1. The first-order valence-electron chi connectivity index (χ1n) is 4.92. The van der Waals surface area contributed by atoms with Gasteiger partial charge >= 0.3 is 0 Å². The highest BCUT2D eigenvalue weighted by atomic mass is 32.2. The Balaban J connectivity index is 2.55. The number of carbonyl (C=O) groups excluding carboxylic acids is 1. The van der Waals surface area contributed by atoms with E-state index in [1.165, 1.54) is 11.8 Å². The molecular weight excluding hydrogens is 264 g/mol. The fraction of sp³-hybridized carbons (Fsp3) is 0.273. The molecule has 1 heterocycles. The van der Waals surface area contributed by atoms with Gasteiger partial charge in [0.15, 0.2) is 17.4 Å². The van der Waals surface area contributed by atoms with Crippen LogP contribution in [0.15, 0.2) is 12.1 Å². The fourth-order valence-electron chi connectivity index (χ4n) is 1.75. The van der Waals surface area contributed by atoms with Gasteiger partial charge in [-0.2, -0.15) is 0 Å². The van der Waals surface area contributed by atoms with Gasteiger partial charge < -0.3 is 4.90 Å².